The molecule has 23 heavy (non-hydrogen) atoms. The van der Waals surface area contributed by atoms with Crippen molar-refractivity contribution in [3.05, 3.63) is 71.3 Å². The number of nitrogens with one attached hydrogen (secondary N) is 1. The van der Waals surface area contributed by atoms with Gasteiger partial charge in [-0.15, -0.1) is 0 Å². The van der Waals surface area contributed by atoms with Gasteiger partial charge in [0.05, 0.1) is 12.1 Å². The SMILES string of the molecule is NC(=O)[C@H](Cc1ccccc1)NC1c2ccccc2C(O)C1O. The number of rotatable bonds is 5. The highest BCUT2D eigenvalue weighted by molar-refractivity contribution is 5.80. The first-order valence-electron chi connectivity index (χ1n) is 7.62. The van der Waals surface area contributed by atoms with Crippen LogP contribution < -0.4 is 11.1 Å². The molecule has 5 nitrogen and oxygen atoms in total. The number of aliphatic hydroxyl groups is 2. The number of amides is 1. The number of carbonyl (C=O) groups excluding carboxylic acids is 1. The molecular weight excluding hydrogens is 292 g/mol. The lowest BCUT2D eigenvalue weighted by Gasteiger charge is -2.24. The molecule has 5 N–H and O–H groups in total. The van der Waals surface area contributed by atoms with Crippen molar-refractivity contribution in [2.24, 2.45) is 5.73 Å². The zero-order valence-electron chi connectivity index (χ0n) is 12.6. The summed E-state index contributed by atoms with van der Waals surface area (Å²) in [5.41, 5.74) is 7.97. The molecule has 0 saturated carbocycles. The zero-order valence-corrected chi connectivity index (χ0v) is 12.6. The van der Waals surface area contributed by atoms with Crippen LogP contribution in [0.3, 0.4) is 0 Å². The van der Waals surface area contributed by atoms with Crippen LogP contribution in [0, 0.1) is 0 Å². The maximum atomic E-state index is 11.8. The normalized spacial score (nSPS) is 24.2. The molecular formula is C18H20N2O3. The van der Waals surface area contributed by atoms with Crippen LogP contribution >= 0.6 is 0 Å². The highest BCUT2D eigenvalue weighted by atomic mass is 16.3. The van der Waals surface area contributed by atoms with Crippen LogP contribution in [0.15, 0.2) is 54.6 Å². The smallest absolute Gasteiger partial charge is 0.234 e. The van der Waals surface area contributed by atoms with Gasteiger partial charge in [-0.1, -0.05) is 54.6 Å². The molecule has 1 aliphatic carbocycles. The first-order valence-corrected chi connectivity index (χ1v) is 7.62. The molecule has 0 radical (unpaired) electrons. The third-order valence-corrected chi connectivity index (χ3v) is 4.32. The van der Waals surface area contributed by atoms with Gasteiger partial charge in [-0.3, -0.25) is 10.1 Å². The van der Waals surface area contributed by atoms with Crippen molar-refractivity contribution in [1.29, 1.82) is 0 Å². The summed E-state index contributed by atoms with van der Waals surface area (Å²) >= 11 is 0. The van der Waals surface area contributed by atoms with Gasteiger partial charge in [0.25, 0.3) is 0 Å². The summed E-state index contributed by atoms with van der Waals surface area (Å²) in [7, 11) is 0. The second-order valence-corrected chi connectivity index (χ2v) is 5.85. The molecule has 0 bridgehead atoms. The van der Waals surface area contributed by atoms with Crippen molar-refractivity contribution in [3.8, 4) is 0 Å². The second kappa shape index (κ2) is 6.50. The Kier molecular flexibility index (Phi) is 4.43. The van der Waals surface area contributed by atoms with Crippen LogP contribution in [0.25, 0.3) is 0 Å². The van der Waals surface area contributed by atoms with Crippen molar-refractivity contribution in [2.75, 3.05) is 0 Å². The fourth-order valence-corrected chi connectivity index (χ4v) is 3.11. The first kappa shape index (κ1) is 15.7. The number of primary amides is 1. The van der Waals surface area contributed by atoms with E-state index in [1.807, 2.05) is 48.5 Å². The maximum Gasteiger partial charge on any atom is 0.234 e. The Bertz CT molecular complexity index is 690. The summed E-state index contributed by atoms with van der Waals surface area (Å²) < 4.78 is 0. The number of hydrogen-bond acceptors (Lipinski definition) is 4. The summed E-state index contributed by atoms with van der Waals surface area (Å²) in [5, 5.41) is 23.6. The van der Waals surface area contributed by atoms with E-state index in [-0.39, 0.29) is 0 Å². The first-order chi connectivity index (χ1) is 11.1. The average Bonchev–Trinajstić information content (AvgIpc) is 2.80. The van der Waals surface area contributed by atoms with Gasteiger partial charge in [-0.05, 0) is 23.1 Å². The number of carbonyl (C=O) groups is 1. The summed E-state index contributed by atoms with van der Waals surface area (Å²) in [6.07, 6.45) is -1.54. The van der Waals surface area contributed by atoms with Crippen LogP contribution in [0.4, 0.5) is 0 Å². The molecule has 0 aromatic heterocycles. The predicted molar refractivity (Wildman–Crippen MR) is 86.4 cm³/mol. The Labute approximate surface area is 134 Å². The van der Waals surface area contributed by atoms with Crippen LogP contribution in [0.1, 0.15) is 28.8 Å². The molecule has 0 spiro atoms. The van der Waals surface area contributed by atoms with Crippen molar-refractivity contribution < 1.29 is 15.0 Å². The Hall–Kier alpha value is -2.21. The molecule has 120 valence electrons. The standard InChI is InChI=1S/C18H20N2O3/c19-18(23)14(10-11-6-2-1-3-7-11)20-15-12-8-4-5-9-13(12)16(21)17(15)22/h1-9,14-17,20-22H,10H2,(H2,19,23)/t14-,15?,16?,17?/m0/s1. The average molecular weight is 312 g/mol. The van der Waals surface area contributed by atoms with Gasteiger partial charge in [0.1, 0.15) is 12.2 Å². The Morgan fingerprint density at radius 1 is 1.04 bits per heavy atom. The highest BCUT2D eigenvalue weighted by Gasteiger charge is 2.39. The molecule has 5 heteroatoms. The monoisotopic (exact) mass is 312 g/mol. The molecule has 4 atom stereocenters. The minimum absolute atomic E-state index is 0.428. The molecule has 1 amide bonds. The lowest BCUT2D eigenvalue weighted by Crippen LogP contribution is -2.46. The summed E-state index contributed by atoms with van der Waals surface area (Å²) in [4.78, 5) is 11.8. The highest BCUT2D eigenvalue weighted by Crippen LogP contribution is 2.39. The molecule has 0 fully saturated rings. The fourth-order valence-electron chi connectivity index (χ4n) is 3.11. The van der Waals surface area contributed by atoms with Crippen LogP contribution in [-0.2, 0) is 11.2 Å². The Morgan fingerprint density at radius 3 is 2.30 bits per heavy atom. The van der Waals surface area contributed by atoms with Gasteiger partial charge in [-0.25, -0.2) is 0 Å². The van der Waals surface area contributed by atoms with Gasteiger partial charge in [0.2, 0.25) is 5.91 Å². The maximum absolute atomic E-state index is 11.8. The summed E-state index contributed by atoms with van der Waals surface area (Å²) in [6, 6.07) is 15.7. The molecule has 0 aliphatic heterocycles. The van der Waals surface area contributed by atoms with E-state index in [4.69, 9.17) is 5.73 Å². The Balaban J connectivity index is 1.82. The molecule has 1 aliphatic rings. The second-order valence-electron chi connectivity index (χ2n) is 5.85. The van der Waals surface area contributed by atoms with Crippen molar-refractivity contribution in [1.82, 2.24) is 5.32 Å². The van der Waals surface area contributed by atoms with E-state index in [0.29, 0.717) is 12.0 Å². The topological polar surface area (TPSA) is 95.6 Å². The number of hydrogen-bond donors (Lipinski definition) is 4. The largest absolute Gasteiger partial charge is 0.388 e. The van der Waals surface area contributed by atoms with Gasteiger partial charge in [0, 0.05) is 0 Å². The third kappa shape index (κ3) is 3.12. The van der Waals surface area contributed by atoms with Crippen molar-refractivity contribution in [2.45, 2.75) is 30.7 Å². The van der Waals surface area contributed by atoms with Gasteiger partial charge < -0.3 is 15.9 Å². The molecule has 2 aromatic rings. The third-order valence-electron chi connectivity index (χ3n) is 4.32. The zero-order chi connectivity index (χ0) is 16.4. The van der Waals surface area contributed by atoms with Gasteiger partial charge in [-0.2, -0.15) is 0 Å². The number of fused-ring (bicyclic) bond motifs is 1. The molecule has 3 unspecified atom stereocenters. The van der Waals surface area contributed by atoms with Crippen LogP contribution in [-0.4, -0.2) is 28.3 Å². The number of nitrogens with two attached hydrogens (primary N) is 1. The summed E-state index contributed by atoms with van der Waals surface area (Å²) in [6.45, 7) is 0. The Morgan fingerprint density at radius 2 is 1.65 bits per heavy atom. The van der Waals surface area contributed by atoms with E-state index < -0.39 is 30.2 Å². The molecule has 0 heterocycles. The van der Waals surface area contributed by atoms with Crippen LogP contribution in [0.2, 0.25) is 0 Å². The predicted octanol–water partition coefficient (Wildman–Crippen LogP) is 0.822. The lowest BCUT2D eigenvalue weighted by atomic mass is 10.0. The van der Waals surface area contributed by atoms with Gasteiger partial charge in [0.15, 0.2) is 0 Å². The van der Waals surface area contributed by atoms with E-state index in [0.717, 1.165) is 11.1 Å². The quantitative estimate of drug-likeness (QED) is 0.657. The van der Waals surface area contributed by atoms with Crippen molar-refractivity contribution >= 4 is 5.91 Å². The minimum atomic E-state index is -1.01. The lowest BCUT2D eigenvalue weighted by molar-refractivity contribution is -0.120. The van der Waals surface area contributed by atoms with E-state index in [1.165, 1.54) is 0 Å². The minimum Gasteiger partial charge on any atom is -0.388 e. The van der Waals surface area contributed by atoms with E-state index in [9.17, 15) is 15.0 Å². The van der Waals surface area contributed by atoms with Gasteiger partial charge >= 0.3 is 0 Å². The van der Waals surface area contributed by atoms with E-state index in [1.54, 1.807) is 6.07 Å². The molecule has 3 rings (SSSR count). The fraction of sp³-hybridized carbons (Fsp3) is 0.278. The van der Waals surface area contributed by atoms with E-state index in [2.05, 4.69) is 5.32 Å². The molecule has 0 saturated heterocycles. The van der Waals surface area contributed by atoms with Crippen molar-refractivity contribution in [3.63, 3.8) is 0 Å². The van der Waals surface area contributed by atoms with Crippen LogP contribution in [0.5, 0.6) is 0 Å². The van der Waals surface area contributed by atoms with E-state index >= 15 is 0 Å². The molecule has 2 aromatic carbocycles. The summed E-state index contributed by atoms with van der Waals surface area (Å²) in [5.74, 6) is -0.486. The number of benzene rings is 2. The number of aliphatic hydroxyl groups excluding tert-OH is 2.